The van der Waals surface area contributed by atoms with Gasteiger partial charge in [0.1, 0.15) is 0 Å². The van der Waals surface area contributed by atoms with Gasteiger partial charge in [-0.3, -0.25) is 0 Å². The van der Waals surface area contributed by atoms with Gasteiger partial charge >= 0.3 is 6.18 Å². The van der Waals surface area contributed by atoms with Gasteiger partial charge in [-0.05, 0) is 25.1 Å². The van der Waals surface area contributed by atoms with Gasteiger partial charge in [0.2, 0.25) is 0 Å². The Morgan fingerprint density at radius 3 is 2.76 bits per heavy atom. The normalized spacial score (nSPS) is 11.5. The molecule has 0 aliphatic heterocycles. The van der Waals surface area contributed by atoms with Crippen LogP contribution in [0.5, 0.6) is 0 Å². The summed E-state index contributed by atoms with van der Waals surface area (Å²) in [6.45, 7) is 6.12. The summed E-state index contributed by atoms with van der Waals surface area (Å²) in [6, 6.07) is 4.85. The number of alkyl halides is 3. The van der Waals surface area contributed by atoms with Crippen LogP contribution in [0.3, 0.4) is 0 Å². The number of nitrogens with zero attached hydrogens (tertiary/aromatic N) is 1. The van der Waals surface area contributed by atoms with Gasteiger partial charge in [-0.15, -0.1) is 0 Å². The van der Waals surface area contributed by atoms with Crippen molar-refractivity contribution in [1.82, 2.24) is 5.32 Å². The summed E-state index contributed by atoms with van der Waals surface area (Å²) in [4.78, 5) is 3.98. The molecule has 0 aliphatic carbocycles. The van der Waals surface area contributed by atoms with Gasteiger partial charge in [0.15, 0.2) is 5.96 Å². The van der Waals surface area contributed by atoms with Crippen molar-refractivity contribution < 1.29 is 13.2 Å². The molecule has 0 fully saturated rings. The molecule has 0 heterocycles. The third-order valence-electron chi connectivity index (χ3n) is 2.30. The standard InChI is InChI=1S/C15H16F3N3/c1-11(2)10-21-14(19)20-8-4-6-12-5-3-7-13(9-12)15(16,17)18/h3,5,7,9H,1,8,10H2,2H3,(H3,19,20,21). The third-order valence-corrected chi connectivity index (χ3v) is 2.30. The monoisotopic (exact) mass is 295 g/mol. The van der Waals surface area contributed by atoms with Crippen molar-refractivity contribution in [2.45, 2.75) is 13.1 Å². The molecule has 0 saturated heterocycles. The zero-order valence-corrected chi connectivity index (χ0v) is 11.6. The van der Waals surface area contributed by atoms with E-state index < -0.39 is 11.7 Å². The Hall–Kier alpha value is -2.42. The largest absolute Gasteiger partial charge is 0.416 e. The predicted molar refractivity (Wildman–Crippen MR) is 77.6 cm³/mol. The van der Waals surface area contributed by atoms with Crippen LogP contribution in [0.2, 0.25) is 0 Å². The lowest BCUT2D eigenvalue weighted by Gasteiger charge is -2.05. The molecule has 0 aliphatic rings. The molecule has 0 spiro atoms. The van der Waals surface area contributed by atoms with E-state index in [0.29, 0.717) is 12.1 Å². The Labute approximate surface area is 121 Å². The van der Waals surface area contributed by atoms with Gasteiger partial charge in [0, 0.05) is 5.56 Å². The van der Waals surface area contributed by atoms with Crippen LogP contribution in [0, 0.1) is 11.8 Å². The van der Waals surface area contributed by atoms with Crippen molar-refractivity contribution in [3.05, 3.63) is 47.5 Å². The van der Waals surface area contributed by atoms with Crippen LogP contribution in [-0.4, -0.2) is 19.0 Å². The average molecular weight is 295 g/mol. The highest BCUT2D eigenvalue weighted by Gasteiger charge is 2.30. The molecule has 1 aromatic rings. The minimum atomic E-state index is -4.37. The zero-order valence-electron chi connectivity index (χ0n) is 11.6. The van der Waals surface area contributed by atoms with Gasteiger partial charge in [-0.1, -0.05) is 30.1 Å². The highest BCUT2D eigenvalue weighted by atomic mass is 19.4. The summed E-state index contributed by atoms with van der Waals surface area (Å²) < 4.78 is 37.5. The second-order valence-electron chi connectivity index (χ2n) is 4.39. The Kier molecular flexibility index (Phi) is 5.85. The molecule has 3 N–H and O–H groups in total. The molecule has 0 saturated carbocycles. The molecular weight excluding hydrogens is 279 g/mol. The van der Waals surface area contributed by atoms with E-state index >= 15 is 0 Å². The van der Waals surface area contributed by atoms with Crippen molar-refractivity contribution in [2.24, 2.45) is 10.7 Å². The molecule has 112 valence electrons. The van der Waals surface area contributed by atoms with Crippen molar-refractivity contribution in [3.8, 4) is 11.8 Å². The highest BCUT2D eigenvalue weighted by Crippen LogP contribution is 2.29. The zero-order chi connectivity index (χ0) is 15.9. The summed E-state index contributed by atoms with van der Waals surface area (Å²) in [5, 5.41) is 2.74. The second-order valence-corrected chi connectivity index (χ2v) is 4.39. The lowest BCUT2D eigenvalue weighted by atomic mass is 10.1. The number of guanidine groups is 1. The molecule has 0 bridgehead atoms. The number of benzene rings is 1. The molecule has 0 atom stereocenters. The predicted octanol–water partition coefficient (Wildman–Crippen LogP) is 2.54. The van der Waals surface area contributed by atoms with Crippen LogP contribution in [-0.2, 0) is 6.18 Å². The van der Waals surface area contributed by atoms with Crippen LogP contribution in [0.15, 0.2) is 41.4 Å². The van der Waals surface area contributed by atoms with Crippen molar-refractivity contribution in [3.63, 3.8) is 0 Å². The average Bonchev–Trinajstić information content (AvgIpc) is 2.41. The van der Waals surface area contributed by atoms with Crippen LogP contribution < -0.4 is 11.1 Å². The van der Waals surface area contributed by atoms with Gasteiger partial charge in [-0.2, -0.15) is 13.2 Å². The van der Waals surface area contributed by atoms with E-state index in [2.05, 4.69) is 28.7 Å². The number of nitrogens with two attached hydrogens (primary N) is 1. The number of hydrogen-bond donors (Lipinski definition) is 2. The lowest BCUT2D eigenvalue weighted by Crippen LogP contribution is -2.32. The molecule has 21 heavy (non-hydrogen) atoms. The summed E-state index contributed by atoms with van der Waals surface area (Å²) in [5.74, 6) is 5.54. The van der Waals surface area contributed by atoms with Crippen LogP contribution in [0.4, 0.5) is 13.2 Å². The van der Waals surface area contributed by atoms with E-state index in [0.717, 1.165) is 17.7 Å². The van der Waals surface area contributed by atoms with Crippen molar-refractivity contribution >= 4 is 5.96 Å². The molecule has 3 nitrogen and oxygen atoms in total. The van der Waals surface area contributed by atoms with E-state index in [1.165, 1.54) is 12.1 Å². The molecule has 6 heteroatoms. The fourth-order valence-corrected chi connectivity index (χ4v) is 1.33. The van der Waals surface area contributed by atoms with Crippen LogP contribution in [0.1, 0.15) is 18.1 Å². The second kappa shape index (κ2) is 7.39. The number of hydrogen-bond acceptors (Lipinski definition) is 1. The van der Waals surface area contributed by atoms with Gasteiger partial charge in [-0.25, -0.2) is 4.99 Å². The first kappa shape index (κ1) is 16.6. The van der Waals surface area contributed by atoms with E-state index in [1.807, 2.05) is 6.92 Å². The van der Waals surface area contributed by atoms with E-state index in [1.54, 1.807) is 0 Å². The Balaban J connectivity index is 2.60. The Morgan fingerprint density at radius 1 is 1.43 bits per heavy atom. The number of aliphatic imine (C=N–C) groups is 1. The molecule has 0 unspecified atom stereocenters. The first-order valence-corrected chi connectivity index (χ1v) is 6.13. The smallest absolute Gasteiger partial charge is 0.370 e. The maximum Gasteiger partial charge on any atom is 0.416 e. The SMILES string of the molecule is C=C(C)CN=C(N)NCC#Cc1cccc(C(F)(F)F)c1. The quantitative estimate of drug-likeness (QED) is 0.390. The summed E-state index contributed by atoms with van der Waals surface area (Å²) >= 11 is 0. The maximum absolute atomic E-state index is 12.5. The number of rotatable bonds is 3. The molecule has 1 rings (SSSR count). The van der Waals surface area contributed by atoms with Gasteiger partial charge in [0.25, 0.3) is 0 Å². The molecule has 0 amide bonds. The van der Waals surface area contributed by atoms with Gasteiger partial charge in [0.05, 0.1) is 18.7 Å². The summed E-state index contributed by atoms with van der Waals surface area (Å²) in [5.41, 5.74) is 6.01. The maximum atomic E-state index is 12.5. The minimum absolute atomic E-state index is 0.196. The number of nitrogens with one attached hydrogen (secondary N) is 1. The Morgan fingerprint density at radius 2 is 2.14 bits per heavy atom. The van der Waals surface area contributed by atoms with Crippen molar-refractivity contribution in [2.75, 3.05) is 13.1 Å². The molecule has 0 radical (unpaired) electrons. The lowest BCUT2D eigenvalue weighted by molar-refractivity contribution is -0.137. The fourth-order valence-electron chi connectivity index (χ4n) is 1.33. The van der Waals surface area contributed by atoms with Crippen LogP contribution in [0.25, 0.3) is 0 Å². The number of halogens is 3. The fraction of sp³-hybridized carbons (Fsp3) is 0.267. The summed E-state index contributed by atoms with van der Waals surface area (Å²) in [7, 11) is 0. The first-order valence-electron chi connectivity index (χ1n) is 6.13. The molecule has 1 aromatic carbocycles. The van der Waals surface area contributed by atoms with Gasteiger partial charge < -0.3 is 11.1 Å². The topological polar surface area (TPSA) is 50.4 Å². The van der Waals surface area contributed by atoms with E-state index in [-0.39, 0.29) is 12.5 Å². The first-order chi connectivity index (χ1) is 9.79. The highest BCUT2D eigenvalue weighted by molar-refractivity contribution is 5.78. The van der Waals surface area contributed by atoms with Crippen molar-refractivity contribution in [1.29, 1.82) is 0 Å². The molecule has 0 aromatic heterocycles. The summed E-state index contributed by atoms with van der Waals surface area (Å²) in [6.07, 6.45) is -4.37. The third kappa shape index (κ3) is 6.52. The van der Waals surface area contributed by atoms with E-state index in [4.69, 9.17) is 5.73 Å². The van der Waals surface area contributed by atoms with E-state index in [9.17, 15) is 13.2 Å². The minimum Gasteiger partial charge on any atom is -0.370 e. The van der Waals surface area contributed by atoms with Crippen LogP contribution >= 0.6 is 0 Å². The Bertz CT molecular complexity index is 592. The molecular formula is C15H16F3N3.